The number of ether oxygens (including phenoxy) is 1. The number of aromatic nitrogens is 2. The third-order valence-electron chi connectivity index (χ3n) is 4.39. The van der Waals surface area contributed by atoms with Crippen molar-refractivity contribution in [2.75, 3.05) is 11.9 Å². The molecule has 3 aromatic rings. The lowest BCUT2D eigenvalue weighted by atomic mass is 10.1. The van der Waals surface area contributed by atoms with Gasteiger partial charge >= 0.3 is 0 Å². The molecule has 1 amide bonds. The van der Waals surface area contributed by atoms with Crippen molar-refractivity contribution >= 4 is 11.6 Å². The number of hydrogen-bond acceptors (Lipinski definition) is 3. The van der Waals surface area contributed by atoms with Gasteiger partial charge in [-0.2, -0.15) is 5.10 Å². The van der Waals surface area contributed by atoms with E-state index in [0.717, 1.165) is 23.6 Å². The van der Waals surface area contributed by atoms with Crippen molar-refractivity contribution < 1.29 is 9.53 Å². The Morgan fingerprint density at radius 2 is 1.81 bits per heavy atom. The van der Waals surface area contributed by atoms with Crippen molar-refractivity contribution in [3.8, 4) is 16.9 Å². The topological polar surface area (TPSA) is 56.1 Å². The van der Waals surface area contributed by atoms with Crippen LogP contribution < -0.4 is 10.1 Å². The monoisotopic (exact) mass is 347 g/mol. The minimum Gasteiger partial charge on any atom is -0.484 e. The molecule has 0 saturated heterocycles. The second-order valence-corrected chi connectivity index (χ2v) is 6.62. The molecule has 1 N–H and O–H groups in total. The Labute approximate surface area is 152 Å². The fourth-order valence-corrected chi connectivity index (χ4v) is 2.81. The normalized spacial score (nSPS) is 13.4. The van der Waals surface area contributed by atoms with Crippen LogP contribution >= 0.6 is 0 Å². The molecule has 1 saturated carbocycles. The van der Waals surface area contributed by atoms with Gasteiger partial charge in [0.1, 0.15) is 5.75 Å². The van der Waals surface area contributed by atoms with Crippen molar-refractivity contribution in [2.24, 2.45) is 5.92 Å². The van der Waals surface area contributed by atoms with E-state index in [1.807, 2.05) is 53.3 Å². The number of benzene rings is 2. The Morgan fingerprint density at radius 3 is 2.54 bits per heavy atom. The zero-order valence-electron chi connectivity index (χ0n) is 14.5. The molecule has 4 rings (SSSR count). The van der Waals surface area contributed by atoms with Gasteiger partial charge in [0.05, 0.1) is 11.9 Å². The largest absolute Gasteiger partial charge is 0.484 e. The molecular formula is C21H21N3O2. The van der Waals surface area contributed by atoms with Crippen LogP contribution in [-0.2, 0) is 11.3 Å². The number of amides is 1. The molecule has 1 aliphatic rings. The summed E-state index contributed by atoms with van der Waals surface area (Å²) in [6.45, 7) is 0.901. The highest BCUT2D eigenvalue weighted by molar-refractivity contribution is 5.91. The van der Waals surface area contributed by atoms with E-state index in [1.165, 1.54) is 12.8 Å². The molecule has 0 spiro atoms. The first kappa shape index (κ1) is 16.4. The molecule has 5 heteroatoms. The van der Waals surface area contributed by atoms with Crippen molar-refractivity contribution in [3.05, 3.63) is 67.0 Å². The number of carbonyl (C=O) groups is 1. The smallest absolute Gasteiger partial charge is 0.262 e. The summed E-state index contributed by atoms with van der Waals surface area (Å²) in [7, 11) is 0. The third-order valence-corrected chi connectivity index (χ3v) is 4.39. The maximum Gasteiger partial charge on any atom is 0.262 e. The van der Waals surface area contributed by atoms with Gasteiger partial charge in [-0.1, -0.05) is 42.5 Å². The lowest BCUT2D eigenvalue weighted by Gasteiger charge is -2.07. The number of nitrogens with one attached hydrogen (secondary N) is 1. The van der Waals surface area contributed by atoms with Gasteiger partial charge < -0.3 is 10.1 Å². The van der Waals surface area contributed by atoms with Crippen molar-refractivity contribution in [1.82, 2.24) is 9.78 Å². The Balaban J connectivity index is 1.28. The lowest BCUT2D eigenvalue weighted by molar-refractivity contribution is -0.118. The average molecular weight is 347 g/mol. The molecule has 5 nitrogen and oxygen atoms in total. The molecule has 1 aliphatic carbocycles. The molecular weight excluding hydrogens is 326 g/mol. The Hall–Kier alpha value is -3.08. The van der Waals surface area contributed by atoms with Gasteiger partial charge in [0, 0.05) is 12.7 Å². The minimum absolute atomic E-state index is 0.0293. The quantitative estimate of drug-likeness (QED) is 0.703. The van der Waals surface area contributed by atoms with Crippen molar-refractivity contribution in [3.63, 3.8) is 0 Å². The molecule has 0 unspecified atom stereocenters. The molecule has 0 bridgehead atoms. The summed E-state index contributed by atoms with van der Waals surface area (Å²) in [5, 5.41) is 7.08. The van der Waals surface area contributed by atoms with Gasteiger partial charge in [0.2, 0.25) is 0 Å². The van der Waals surface area contributed by atoms with E-state index < -0.39 is 0 Å². The van der Waals surface area contributed by atoms with Crippen LogP contribution in [0, 0.1) is 5.92 Å². The predicted molar refractivity (Wildman–Crippen MR) is 101 cm³/mol. The molecule has 1 aromatic heterocycles. The minimum atomic E-state index is -0.192. The first-order chi connectivity index (χ1) is 12.8. The van der Waals surface area contributed by atoms with Crippen molar-refractivity contribution in [2.45, 2.75) is 19.4 Å². The summed E-state index contributed by atoms with van der Waals surface area (Å²) in [6, 6.07) is 17.9. The second kappa shape index (κ2) is 7.44. The molecule has 0 radical (unpaired) electrons. The Morgan fingerprint density at radius 1 is 1.08 bits per heavy atom. The van der Waals surface area contributed by atoms with Crippen molar-refractivity contribution in [1.29, 1.82) is 0 Å². The van der Waals surface area contributed by atoms with Gasteiger partial charge in [-0.15, -0.1) is 0 Å². The van der Waals surface area contributed by atoms with Crippen LogP contribution in [0.25, 0.3) is 11.1 Å². The van der Waals surface area contributed by atoms with E-state index in [9.17, 15) is 4.79 Å². The van der Waals surface area contributed by atoms with Gasteiger partial charge in [-0.25, -0.2) is 0 Å². The summed E-state index contributed by atoms with van der Waals surface area (Å²) in [5.74, 6) is 1.23. The number of carbonyl (C=O) groups excluding carboxylic acids is 1. The predicted octanol–water partition coefficient (Wildman–Crippen LogP) is 3.98. The van der Waals surface area contributed by atoms with Gasteiger partial charge in [0.15, 0.2) is 6.61 Å². The number of nitrogens with zero attached hydrogens (tertiary/aromatic N) is 2. The third kappa shape index (κ3) is 4.30. The first-order valence-corrected chi connectivity index (χ1v) is 8.87. The van der Waals surface area contributed by atoms with E-state index in [4.69, 9.17) is 4.74 Å². The summed E-state index contributed by atoms with van der Waals surface area (Å²) in [5.41, 5.74) is 2.98. The first-order valence-electron chi connectivity index (χ1n) is 8.87. The maximum atomic E-state index is 12.0. The molecule has 132 valence electrons. The molecule has 26 heavy (non-hydrogen) atoms. The highest BCUT2D eigenvalue weighted by Gasteiger charge is 2.22. The summed E-state index contributed by atoms with van der Waals surface area (Å²) in [4.78, 5) is 12.0. The Bertz CT molecular complexity index is 868. The van der Waals surface area contributed by atoms with Crippen LogP contribution in [0.3, 0.4) is 0 Å². The van der Waals surface area contributed by atoms with E-state index in [2.05, 4.69) is 22.5 Å². The van der Waals surface area contributed by atoms with Gasteiger partial charge in [0.25, 0.3) is 5.91 Å². The van der Waals surface area contributed by atoms with Crippen LogP contribution in [0.2, 0.25) is 0 Å². The van der Waals surface area contributed by atoms with Crippen LogP contribution in [0.4, 0.5) is 5.69 Å². The van der Waals surface area contributed by atoms with Gasteiger partial charge in [-0.3, -0.25) is 9.48 Å². The van der Waals surface area contributed by atoms with Gasteiger partial charge in [-0.05, 0) is 42.0 Å². The van der Waals surface area contributed by atoms with E-state index in [-0.39, 0.29) is 12.5 Å². The van der Waals surface area contributed by atoms with E-state index in [1.54, 1.807) is 6.20 Å². The number of hydrogen-bond donors (Lipinski definition) is 1. The Kier molecular flexibility index (Phi) is 4.69. The summed E-state index contributed by atoms with van der Waals surface area (Å²) in [6.07, 6.45) is 6.09. The average Bonchev–Trinajstić information content (AvgIpc) is 3.39. The number of rotatable bonds is 7. The summed E-state index contributed by atoms with van der Waals surface area (Å²) >= 11 is 0. The molecule has 2 aromatic carbocycles. The van der Waals surface area contributed by atoms with Crippen LogP contribution in [-0.4, -0.2) is 22.3 Å². The van der Waals surface area contributed by atoms with Crippen LogP contribution in [0.15, 0.2) is 67.0 Å². The molecule has 1 fully saturated rings. The standard InChI is InChI=1S/C21H21N3O2/c25-21(23-19-12-22-24(14-19)13-16-6-7-16)15-26-20-10-8-18(9-11-20)17-4-2-1-3-5-17/h1-5,8-12,14,16H,6-7,13,15H2,(H,23,25). The maximum absolute atomic E-state index is 12.0. The summed E-state index contributed by atoms with van der Waals surface area (Å²) < 4.78 is 7.46. The van der Waals surface area contributed by atoms with E-state index in [0.29, 0.717) is 11.4 Å². The zero-order chi connectivity index (χ0) is 17.8. The van der Waals surface area contributed by atoms with E-state index >= 15 is 0 Å². The van der Waals surface area contributed by atoms with Crippen LogP contribution in [0.5, 0.6) is 5.75 Å². The second-order valence-electron chi connectivity index (χ2n) is 6.62. The lowest BCUT2D eigenvalue weighted by Crippen LogP contribution is -2.19. The number of anilines is 1. The SMILES string of the molecule is O=C(COc1ccc(-c2ccccc2)cc1)Nc1cnn(CC2CC2)c1. The van der Waals surface area contributed by atoms with Crippen LogP contribution in [0.1, 0.15) is 12.8 Å². The molecule has 0 aliphatic heterocycles. The zero-order valence-corrected chi connectivity index (χ0v) is 14.5. The highest BCUT2D eigenvalue weighted by atomic mass is 16.5. The highest BCUT2D eigenvalue weighted by Crippen LogP contribution is 2.30. The molecule has 0 atom stereocenters. The fraction of sp³-hybridized carbons (Fsp3) is 0.238. The molecule has 1 heterocycles. The fourth-order valence-electron chi connectivity index (χ4n) is 2.81.